The first-order valence-corrected chi connectivity index (χ1v) is 11.6. The van der Waals surface area contributed by atoms with Gasteiger partial charge in [0.1, 0.15) is 5.75 Å². The van der Waals surface area contributed by atoms with E-state index in [0.29, 0.717) is 11.7 Å². The Labute approximate surface area is 183 Å². The van der Waals surface area contributed by atoms with E-state index in [1.165, 1.54) is 23.1 Å². The highest BCUT2D eigenvalue weighted by atomic mass is 32.2. The molecular weight excluding hydrogens is 418 g/mol. The molecule has 8 heteroatoms. The van der Waals surface area contributed by atoms with Crippen molar-refractivity contribution in [2.45, 2.75) is 36.8 Å². The molecule has 0 aliphatic heterocycles. The monoisotopic (exact) mass is 441 g/mol. The van der Waals surface area contributed by atoms with Crippen molar-refractivity contribution in [2.24, 2.45) is 5.92 Å². The standard InChI is InChI=1S/C22H23N3O3S2/c1-3-28-16-8-11-18-19(12-16)30-22(24-18)25-20(26)13(2)29-17-9-6-15(7-10-17)23-21(27)14-4-5-14/h6-14H,3-5H2,1-2H3,(H,23,27)(H,24,25,26). The van der Waals surface area contributed by atoms with Crippen LogP contribution in [0, 0.1) is 5.92 Å². The molecule has 1 fully saturated rings. The molecule has 30 heavy (non-hydrogen) atoms. The molecule has 0 spiro atoms. The molecule has 1 atom stereocenters. The number of hydrogen-bond donors (Lipinski definition) is 2. The summed E-state index contributed by atoms with van der Waals surface area (Å²) in [6.07, 6.45) is 1.96. The molecule has 2 aromatic carbocycles. The van der Waals surface area contributed by atoms with Gasteiger partial charge in [-0.1, -0.05) is 11.3 Å². The summed E-state index contributed by atoms with van der Waals surface area (Å²) in [4.78, 5) is 29.9. The molecule has 0 saturated heterocycles. The fraction of sp³-hybridized carbons (Fsp3) is 0.318. The maximum atomic E-state index is 12.6. The lowest BCUT2D eigenvalue weighted by atomic mass is 10.3. The number of aromatic nitrogens is 1. The highest BCUT2D eigenvalue weighted by Gasteiger charge is 2.29. The van der Waals surface area contributed by atoms with Gasteiger partial charge < -0.3 is 15.4 Å². The fourth-order valence-corrected chi connectivity index (χ4v) is 4.65. The first-order valence-electron chi connectivity index (χ1n) is 9.93. The van der Waals surface area contributed by atoms with E-state index >= 15 is 0 Å². The lowest BCUT2D eigenvalue weighted by Gasteiger charge is -2.11. The summed E-state index contributed by atoms with van der Waals surface area (Å²) in [6, 6.07) is 13.3. The van der Waals surface area contributed by atoms with Gasteiger partial charge in [0, 0.05) is 16.5 Å². The number of carbonyl (C=O) groups excluding carboxylic acids is 2. The van der Waals surface area contributed by atoms with Crippen LogP contribution in [0.3, 0.4) is 0 Å². The van der Waals surface area contributed by atoms with Gasteiger partial charge in [-0.15, -0.1) is 11.8 Å². The van der Waals surface area contributed by atoms with Gasteiger partial charge in [0.2, 0.25) is 11.8 Å². The molecule has 0 radical (unpaired) electrons. The molecule has 3 aromatic rings. The Bertz CT molecular complexity index is 1060. The van der Waals surface area contributed by atoms with E-state index in [1.54, 1.807) is 0 Å². The van der Waals surface area contributed by atoms with Gasteiger partial charge in [-0.3, -0.25) is 9.59 Å². The van der Waals surface area contributed by atoms with Crippen molar-refractivity contribution in [3.63, 3.8) is 0 Å². The van der Waals surface area contributed by atoms with Gasteiger partial charge in [0.25, 0.3) is 0 Å². The highest BCUT2D eigenvalue weighted by molar-refractivity contribution is 8.00. The van der Waals surface area contributed by atoms with Crippen LogP contribution in [0.2, 0.25) is 0 Å². The van der Waals surface area contributed by atoms with Crippen molar-refractivity contribution in [1.29, 1.82) is 0 Å². The number of nitrogens with zero attached hydrogens (tertiary/aromatic N) is 1. The van der Waals surface area contributed by atoms with Gasteiger partial charge in [-0.25, -0.2) is 4.98 Å². The minimum Gasteiger partial charge on any atom is -0.494 e. The predicted molar refractivity (Wildman–Crippen MR) is 123 cm³/mol. The second kappa shape index (κ2) is 9.06. The molecule has 1 aliphatic rings. The third kappa shape index (κ3) is 5.12. The van der Waals surface area contributed by atoms with E-state index in [1.807, 2.05) is 56.3 Å². The molecule has 6 nitrogen and oxygen atoms in total. The van der Waals surface area contributed by atoms with Crippen molar-refractivity contribution < 1.29 is 14.3 Å². The molecule has 2 N–H and O–H groups in total. The van der Waals surface area contributed by atoms with Crippen molar-refractivity contribution >= 4 is 55.9 Å². The van der Waals surface area contributed by atoms with Gasteiger partial charge in [-0.2, -0.15) is 0 Å². The Morgan fingerprint density at radius 3 is 2.67 bits per heavy atom. The van der Waals surface area contributed by atoms with Crippen LogP contribution in [0.1, 0.15) is 26.7 Å². The van der Waals surface area contributed by atoms with Crippen LogP contribution >= 0.6 is 23.1 Å². The highest BCUT2D eigenvalue weighted by Crippen LogP contribution is 2.32. The average molecular weight is 442 g/mol. The quantitative estimate of drug-likeness (QED) is 0.472. The topological polar surface area (TPSA) is 80.3 Å². The summed E-state index contributed by atoms with van der Waals surface area (Å²) in [5.74, 6) is 0.964. The zero-order valence-corrected chi connectivity index (χ0v) is 18.4. The molecule has 2 amide bonds. The maximum Gasteiger partial charge on any atom is 0.239 e. The summed E-state index contributed by atoms with van der Waals surface area (Å²) >= 11 is 2.90. The van der Waals surface area contributed by atoms with E-state index in [2.05, 4.69) is 15.6 Å². The van der Waals surface area contributed by atoms with Gasteiger partial charge in [0.05, 0.1) is 22.1 Å². The lowest BCUT2D eigenvalue weighted by Crippen LogP contribution is -2.22. The van der Waals surface area contributed by atoms with E-state index < -0.39 is 0 Å². The summed E-state index contributed by atoms with van der Waals surface area (Å²) in [6.45, 7) is 4.42. The van der Waals surface area contributed by atoms with Crippen LogP contribution in [0.4, 0.5) is 10.8 Å². The van der Waals surface area contributed by atoms with Gasteiger partial charge >= 0.3 is 0 Å². The molecule has 0 bridgehead atoms. The third-order valence-corrected chi connectivity index (χ3v) is 6.70. The Morgan fingerprint density at radius 1 is 1.20 bits per heavy atom. The molecule has 1 heterocycles. The zero-order chi connectivity index (χ0) is 21.1. The largest absolute Gasteiger partial charge is 0.494 e. The number of amides is 2. The van der Waals surface area contributed by atoms with Crippen LogP contribution in [-0.4, -0.2) is 28.7 Å². The van der Waals surface area contributed by atoms with E-state index in [4.69, 9.17) is 4.74 Å². The SMILES string of the molecule is CCOc1ccc2nc(NC(=O)C(C)Sc3ccc(NC(=O)C4CC4)cc3)sc2c1. The van der Waals surface area contributed by atoms with E-state index in [0.717, 1.165) is 39.4 Å². The van der Waals surface area contributed by atoms with Crippen LogP contribution < -0.4 is 15.4 Å². The van der Waals surface area contributed by atoms with Crippen LogP contribution in [0.25, 0.3) is 10.2 Å². The minimum absolute atomic E-state index is 0.0901. The number of fused-ring (bicyclic) bond motifs is 1. The minimum atomic E-state index is -0.289. The number of thiazole rings is 1. The molecule has 1 unspecified atom stereocenters. The fourth-order valence-electron chi connectivity index (χ4n) is 2.89. The van der Waals surface area contributed by atoms with Crippen molar-refractivity contribution in [3.8, 4) is 5.75 Å². The first kappa shape index (κ1) is 20.7. The molecular formula is C22H23N3O3S2. The molecule has 156 valence electrons. The second-order valence-corrected chi connectivity index (χ2v) is 9.56. The zero-order valence-electron chi connectivity index (χ0n) is 16.8. The number of benzene rings is 2. The Hall–Kier alpha value is -2.58. The van der Waals surface area contributed by atoms with Crippen LogP contribution in [0.5, 0.6) is 5.75 Å². The Morgan fingerprint density at radius 2 is 1.97 bits per heavy atom. The number of rotatable bonds is 8. The number of carbonyl (C=O) groups is 2. The lowest BCUT2D eigenvalue weighted by molar-refractivity contribution is -0.117. The third-order valence-electron chi connectivity index (χ3n) is 4.65. The summed E-state index contributed by atoms with van der Waals surface area (Å²) < 4.78 is 6.49. The molecule has 4 rings (SSSR count). The summed E-state index contributed by atoms with van der Waals surface area (Å²) in [5.41, 5.74) is 1.62. The summed E-state index contributed by atoms with van der Waals surface area (Å²) in [5, 5.41) is 6.12. The van der Waals surface area contributed by atoms with Gasteiger partial charge in [0.15, 0.2) is 5.13 Å². The number of ether oxygens (including phenoxy) is 1. The van der Waals surface area contributed by atoms with Crippen LogP contribution in [0.15, 0.2) is 47.4 Å². The maximum absolute atomic E-state index is 12.6. The van der Waals surface area contributed by atoms with E-state index in [-0.39, 0.29) is 23.0 Å². The average Bonchev–Trinajstić information content (AvgIpc) is 3.50. The molecule has 1 aromatic heterocycles. The Balaban J connectivity index is 1.34. The predicted octanol–water partition coefficient (Wildman–Crippen LogP) is 5.16. The van der Waals surface area contributed by atoms with Crippen LogP contribution in [-0.2, 0) is 9.59 Å². The molecule has 1 aliphatic carbocycles. The number of anilines is 2. The van der Waals surface area contributed by atoms with E-state index in [9.17, 15) is 9.59 Å². The van der Waals surface area contributed by atoms with Crippen molar-refractivity contribution in [2.75, 3.05) is 17.2 Å². The first-order chi connectivity index (χ1) is 14.5. The smallest absolute Gasteiger partial charge is 0.239 e. The Kier molecular flexibility index (Phi) is 6.24. The number of hydrogen-bond acceptors (Lipinski definition) is 6. The second-order valence-electron chi connectivity index (χ2n) is 7.12. The van der Waals surface area contributed by atoms with Crippen molar-refractivity contribution in [1.82, 2.24) is 4.98 Å². The summed E-state index contributed by atoms with van der Waals surface area (Å²) in [7, 11) is 0. The number of nitrogens with one attached hydrogen (secondary N) is 2. The normalized spacial score (nSPS) is 14.3. The number of thioether (sulfide) groups is 1. The molecule has 1 saturated carbocycles. The van der Waals surface area contributed by atoms with Gasteiger partial charge in [-0.05, 0) is 69.2 Å². The van der Waals surface area contributed by atoms with Crippen molar-refractivity contribution in [3.05, 3.63) is 42.5 Å².